The van der Waals surface area contributed by atoms with Gasteiger partial charge < -0.3 is 4.90 Å². The largest absolute Gasteiger partial charge is 0.334 e. The fourth-order valence-corrected chi connectivity index (χ4v) is 4.91. The molecule has 23 heavy (non-hydrogen) atoms. The molecule has 0 bridgehead atoms. The Labute approximate surface area is 141 Å². The van der Waals surface area contributed by atoms with Gasteiger partial charge in [0.2, 0.25) is 0 Å². The van der Waals surface area contributed by atoms with Crippen LogP contribution in [0.4, 0.5) is 0 Å². The molecule has 1 aromatic heterocycles. The molecule has 3 nitrogen and oxygen atoms in total. The van der Waals surface area contributed by atoms with E-state index in [1.165, 1.54) is 32.1 Å². The van der Waals surface area contributed by atoms with Gasteiger partial charge in [-0.05, 0) is 31.6 Å². The molecule has 120 valence electrons. The summed E-state index contributed by atoms with van der Waals surface area (Å²) in [6, 6.07) is 10.6. The highest BCUT2D eigenvalue weighted by Gasteiger charge is 2.36. The summed E-state index contributed by atoms with van der Waals surface area (Å²) in [6.45, 7) is 0.901. The van der Waals surface area contributed by atoms with Crippen molar-refractivity contribution in [3.8, 4) is 10.6 Å². The Bertz CT molecular complexity index is 680. The van der Waals surface area contributed by atoms with Crippen LogP contribution in [0.25, 0.3) is 10.6 Å². The smallest absolute Gasteiger partial charge is 0.273 e. The predicted octanol–water partition coefficient (Wildman–Crippen LogP) is 4.60. The Morgan fingerprint density at radius 1 is 1.09 bits per heavy atom. The van der Waals surface area contributed by atoms with Crippen LogP contribution in [0, 0.1) is 5.92 Å². The van der Waals surface area contributed by atoms with E-state index in [9.17, 15) is 4.79 Å². The molecule has 2 aliphatic rings. The lowest BCUT2D eigenvalue weighted by Crippen LogP contribution is -2.49. The molecule has 0 radical (unpaired) electrons. The molecular formula is C19H22N2OS. The summed E-state index contributed by atoms with van der Waals surface area (Å²) in [5, 5.41) is 2.86. The highest BCUT2D eigenvalue weighted by atomic mass is 32.1. The Hall–Kier alpha value is -1.68. The van der Waals surface area contributed by atoms with Crippen molar-refractivity contribution < 1.29 is 4.79 Å². The van der Waals surface area contributed by atoms with Gasteiger partial charge in [0.25, 0.3) is 5.91 Å². The van der Waals surface area contributed by atoms with Crippen LogP contribution in [0.1, 0.15) is 49.0 Å². The zero-order valence-corrected chi connectivity index (χ0v) is 14.1. The van der Waals surface area contributed by atoms with Crippen molar-refractivity contribution in [2.45, 2.75) is 44.6 Å². The quantitative estimate of drug-likeness (QED) is 0.808. The number of thiazole rings is 1. The highest BCUT2D eigenvalue weighted by molar-refractivity contribution is 7.13. The lowest BCUT2D eigenvalue weighted by Gasteiger charge is -2.43. The van der Waals surface area contributed by atoms with Gasteiger partial charge in [-0.1, -0.05) is 43.2 Å². The Kier molecular flexibility index (Phi) is 4.17. The van der Waals surface area contributed by atoms with Crippen molar-refractivity contribution in [3.63, 3.8) is 0 Å². The topological polar surface area (TPSA) is 33.2 Å². The molecule has 4 rings (SSSR count). The van der Waals surface area contributed by atoms with Crippen LogP contribution in [0.15, 0.2) is 35.7 Å². The summed E-state index contributed by atoms with van der Waals surface area (Å²) >= 11 is 1.57. The number of piperidine rings is 1. The first-order valence-corrected chi connectivity index (χ1v) is 9.53. The van der Waals surface area contributed by atoms with E-state index in [4.69, 9.17) is 0 Å². The maximum Gasteiger partial charge on any atom is 0.273 e. The molecule has 0 N–H and O–H groups in total. The fraction of sp³-hybridized carbons (Fsp3) is 0.474. The second kappa shape index (κ2) is 6.44. The fourth-order valence-electron chi connectivity index (χ4n) is 4.11. The van der Waals surface area contributed by atoms with Crippen molar-refractivity contribution in [1.29, 1.82) is 0 Å². The highest BCUT2D eigenvalue weighted by Crippen LogP contribution is 2.36. The van der Waals surface area contributed by atoms with Crippen molar-refractivity contribution in [1.82, 2.24) is 9.88 Å². The molecule has 4 heteroatoms. The number of hydrogen-bond acceptors (Lipinski definition) is 3. The zero-order valence-electron chi connectivity index (χ0n) is 13.3. The van der Waals surface area contributed by atoms with Gasteiger partial charge in [-0.2, -0.15) is 0 Å². The Morgan fingerprint density at radius 2 is 1.87 bits per heavy atom. The number of carbonyl (C=O) groups excluding carboxylic acids is 1. The summed E-state index contributed by atoms with van der Waals surface area (Å²) in [4.78, 5) is 19.7. The van der Waals surface area contributed by atoms with Crippen LogP contribution in [-0.2, 0) is 0 Å². The third kappa shape index (κ3) is 2.92. The van der Waals surface area contributed by atoms with Crippen molar-refractivity contribution in [2.75, 3.05) is 6.54 Å². The maximum atomic E-state index is 13.0. The molecule has 0 spiro atoms. The minimum Gasteiger partial charge on any atom is -0.334 e. The molecule has 1 aliphatic heterocycles. The molecule has 1 aliphatic carbocycles. The van der Waals surface area contributed by atoms with Crippen molar-refractivity contribution in [3.05, 3.63) is 41.4 Å². The van der Waals surface area contributed by atoms with Gasteiger partial charge in [-0.15, -0.1) is 11.3 Å². The number of nitrogens with zero attached hydrogens (tertiary/aromatic N) is 2. The van der Waals surface area contributed by atoms with Crippen LogP contribution in [0.3, 0.4) is 0 Å². The van der Waals surface area contributed by atoms with Crippen LogP contribution < -0.4 is 0 Å². The number of aromatic nitrogens is 1. The van der Waals surface area contributed by atoms with Crippen LogP contribution in [-0.4, -0.2) is 28.4 Å². The SMILES string of the molecule is O=C(c1csc(-c2ccccc2)n1)N1CCC[C@@H]2CCCC[C@H]21. The van der Waals surface area contributed by atoms with E-state index in [0.717, 1.165) is 23.5 Å². The standard InChI is InChI=1S/C19H22N2OS/c22-19(21-12-6-10-14-7-4-5-11-17(14)21)16-13-23-18(20-16)15-8-2-1-3-9-15/h1-3,8-9,13-14,17H,4-7,10-12H2/t14-,17+/m0/s1. The molecule has 2 aromatic rings. The number of rotatable bonds is 2. The Balaban J connectivity index is 1.56. The minimum absolute atomic E-state index is 0.139. The molecule has 1 amide bonds. The number of likely N-dealkylation sites (tertiary alicyclic amines) is 1. The normalized spacial score (nSPS) is 24.3. The first-order valence-electron chi connectivity index (χ1n) is 8.65. The van der Waals surface area contributed by atoms with Gasteiger partial charge in [0.15, 0.2) is 0 Å². The molecule has 1 saturated carbocycles. The number of carbonyl (C=O) groups is 1. The maximum absolute atomic E-state index is 13.0. The zero-order chi connectivity index (χ0) is 15.6. The van der Waals surface area contributed by atoms with E-state index in [1.807, 2.05) is 35.7 Å². The number of fused-ring (bicyclic) bond motifs is 1. The molecule has 2 atom stereocenters. The second-order valence-electron chi connectivity index (χ2n) is 6.66. The van der Waals surface area contributed by atoms with Crippen LogP contribution >= 0.6 is 11.3 Å². The molecular weight excluding hydrogens is 304 g/mol. The third-order valence-corrected chi connectivity index (χ3v) is 6.14. The van der Waals surface area contributed by atoms with Gasteiger partial charge in [0.05, 0.1) is 0 Å². The van der Waals surface area contributed by atoms with E-state index < -0.39 is 0 Å². The summed E-state index contributed by atoms with van der Waals surface area (Å²) in [5.41, 5.74) is 1.71. The number of amides is 1. The molecule has 1 saturated heterocycles. The van der Waals surface area contributed by atoms with Gasteiger partial charge in [0.1, 0.15) is 10.7 Å². The number of hydrogen-bond donors (Lipinski definition) is 0. The summed E-state index contributed by atoms with van der Waals surface area (Å²) in [5.74, 6) is 0.855. The lowest BCUT2D eigenvalue weighted by atomic mass is 9.78. The molecule has 2 heterocycles. The van der Waals surface area contributed by atoms with E-state index >= 15 is 0 Å². The van der Waals surface area contributed by atoms with Gasteiger partial charge in [0, 0.05) is 23.5 Å². The minimum atomic E-state index is 0.139. The molecule has 0 unspecified atom stereocenters. The van der Waals surface area contributed by atoms with Crippen molar-refractivity contribution >= 4 is 17.2 Å². The van der Waals surface area contributed by atoms with E-state index in [2.05, 4.69) is 9.88 Å². The van der Waals surface area contributed by atoms with Crippen LogP contribution in [0.5, 0.6) is 0 Å². The first kappa shape index (κ1) is 14.9. The molecule has 1 aromatic carbocycles. The van der Waals surface area contributed by atoms with Gasteiger partial charge in [-0.25, -0.2) is 4.98 Å². The predicted molar refractivity (Wildman–Crippen MR) is 93.6 cm³/mol. The second-order valence-corrected chi connectivity index (χ2v) is 7.51. The summed E-state index contributed by atoms with van der Waals surface area (Å²) in [7, 11) is 0. The average molecular weight is 326 g/mol. The van der Waals surface area contributed by atoms with Gasteiger partial charge in [-0.3, -0.25) is 4.79 Å². The van der Waals surface area contributed by atoms with E-state index in [1.54, 1.807) is 11.3 Å². The van der Waals surface area contributed by atoms with Crippen molar-refractivity contribution in [2.24, 2.45) is 5.92 Å². The third-order valence-electron chi connectivity index (χ3n) is 5.25. The Morgan fingerprint density at radius 3 is 2.74 bits per heavy atom. The van der Waals surface area contributed by atoms with E-state index in [-0.39, 0.29) is 5.91 Å². The average Bonchev–Trinajstić information content (AvgIpc) is 3.11. The first-order chi connectivity index (χ1) is 11.3. The number of benzene rings is 1. The van der Waals surface area contributed by atoms with Gasteiger partial charge >= 0.3 is 0 Å². The monoisotopic (exact) mass is 326 g/mol. The van der Waals surface area contributed by atoms with E-state index in [0.29, 0.717) is 17.7 Å². The van der Waals surface area contributed by atoms with Crippen LogP contribution in [0.2, 0.25) is 0 Å². The summed E-state index contributed by atoms with van der Waals surface area (Å²) in [6.07, 6.45) is 7.49. The summed E-state index contributed by atoms with van der Waals surface area (Å²) < 4.78 is 0. The molecule has 2 fully saturated rings. The lowest BCUT2D eigenvalue weighted by molar-refractivity contribution is 0.0386.